The Kier molecular flexibility index (Phi) is 8.93. The van der Waals surface area contributed by atoms with Crippen LogP contribution in [0.2, 0.25) is 0 Å². The minimum Gasteiger partial charge on any atom is -0.366 e. The summed E-state index contributed by atoms with van der Waals surface area (Å²) in [6.45, 7) is 6.84. The molecule has 148 valence electrons. The molecule has 2 unspecified atom stereocenters. The fourth-order valence-corrected chi connectivity index (χ4v) is 3.91. The smallest absolute Gasteiger partial charge is 0.189 e. The SMILES string of the molecule is CCN(CC)CC#CCOC(O)C(N=O)(c1ccccc1)C1CCCCC1. The minimum atomic E-state index is -1.30. The van der Waals surface area contributed by atoms with Crippen molar-refractivity contribution in [1.82, 2.24) is 4.90 Å². The molecule has 5 nitrogen and oxygen atoms in total. The number of nitrogens with zero attached hydrogens (tertiary/aromatic N) is 2. The largest absolute Gasteiger partial charge is 0.366 e. The van der Waals surface area contributed by atoms with Crippen molar-refractivity contribution in [3.8, 4) is 11.8 Å². The Hall–Kier alpha value is -1.74. The summed E-state index contributed by atoms with van der Waals surface area (Å²) in [6.07, 6.45) is 3.69. The van der Waals surface area contributed by atoms with Gasteiger partial charge in [0.15, 0.2) is 11.8 Å². The topological polar surface area (TPSA) is 62.1 Å². The molecule has 1 fully saturated rings. The number of nitroso groups, excluding NO2 is 1. The number of aliphatic hydroxyl groups is 1. The summed E-state index contributed by atoms with van der Waals surface area (Å²) in [5.41, 5.74) is -0.558. The third-order valence-corrected chi connectivity index (χ3v) is 5.63. The zero-order valence-corrected chi connectivity index (χ0v) is 16.6. The van der Waals surface area contributed by atoms with Crippen molar-refractivity contribution in [2.75, 3.05) is 26.2 Å². The highest BCUT2D eigenvalue weighted by atomic mass is 16.6. The lowest BCUT2D eigenvalue weighted by Gasteiger charge is -2.40. The first-order chi connectivity index (χ1) is 13.2. The van der Waals surface area contributed by atoms with E-state index in [0.717, 1.165) is 50.8 Å². The van der Waals surface area contributed by atoms with E-state index in [1.807, 2.05) is 30.3 Å². The van der Waals surface area contributed by atoms with Gasteiger partial charge in [0, 0.05) is 0 Å². The molecule has 1 aromatic carbocycles. The van der Waals surface area contributed by atoms with Gasteiger partial charge in [0.05, 0.1) is 6.54 Å². The Morgan fingerprint density at radius 3 is 2.44 bits per heavy atom. The zero-order chi connectivity index (χ0) is 19.5. The van der Waals surface area contributed by atoms with Gasteiger partial charge in [-0.25, -0.2) is 0 Å². The Labute approximate surface area is 163 Å². The molecule has 1 aliphatic carbocycles. The van der Waals surface area contributed by atoms with Crippen LogP contribution in [0.1, 0.15) is 51.5 Å². The van der Waals surface area contributed by atoms with Crippen LogP contribution in [0.5, 0.6) is 0 Å². The van der Waals surface area contributed by atoms with Crippen LogP contribution < -0.4 is 0 Å². The zero-order valence-electron chi connectivity index (χ0n) is 16.6. The molecule has 0 aromatic heterocycles. The van der Waals surface area contributed by atoms with Crippen LogP contribution in [-0.2, 0) is 10.3 Å². The van der Waals surface area contributed by atoms with Crippen molar-refractivity contribution in [1.29, 1.82) is 0 Å². The Bertz CT molecular complexity index is 615. The van der Waals surface area contributed by atoms with Crippen LogP contribution in [0.15, 0.2) is 35.5 Å². The summed E-state index contributed by atoms with van der Waals surface area (Å²) in [5, 5.41) is 14.4. The first-order valence-electron chi connectivity index (χ1n) is 10.1. The van der Waals surface area contributed by atoms with Gasteiger partial charge in [-0.1, -0.05) is 80.5 Å². The lowest BCUT2D eigenvalue weighted by atomic mass is 9.71. The Morgan fingerprint density at radius 1 is 1.19 bits per heavy atom. The summed E-state index contributed by atoms with van der Waals surface area (Å²) < 4.78 is 5.62. The van der Waals surface area contributed by atoms with E-state index in [4.69, 9.17) is 4.74 Å². The normalized spacial score (nSPS) is 18.4. The Balaban J connectivity index is 2.13. The molecule has 27 heavy (non-hydrogen) atoms. The van der Waals surface area contributed by atoms with Gasteiger partial charge >= 0.3 is 0 Å². The quantitative estimate of drug-likeness (QED) is 0.406. The molecule has 2 rings (SSSR count). The van der Waals surface area contributed by atoms with E-state index in [-0.39, 0.29) is 12.5 Å². The molecule has 1 N–H and O–H groups in total. The number of benzene rings is 1. The maximum Gasteiger partial charge on any atom is 0.189 e. The predicted molar refractivity (Wildman–Crippen MR) is 108 cm³/mol. The van der Waals surface area contributed by atoms with Crippen molar-refractivity contribution in [2.24, 2.45) is 11.1 Å². The number of hydrogen-bond donors (Lipinski definition) is 1. The fourth-order valence-electron chi connectivity index (χ4n) is 3.91. The summed E-state index contributed by atoms with van der Waals surface area (Å²) in [6, 6.07) is 9.35. The van der Waals surface area contributed by atoms with Gasteiger partial charge in [0.2, 0.25) is 0 Å². The van der Waals surface area contributed by atoms with Crippen molar-refractivity contribution in [3.63, 3.8) is 0 Å². The van der Waals surface area contributed by atoms with Gasteiger partial charge in [-0.2, -0.15) is 0 Å². The highest BCUT2D eigenvalue weighted by Crippen LogP contribution is 2.45. The molecule has 0 saturated heterocycles. The lowest BCUT2D eigenvalue weighted by molar-refractivity contribution is -0.155. The van der Waals surface area contributed by atoms with Gasteiger partial charge < -0.3 is 9.84 Å². The minimum absolute atomic E-state index is 0.0233. The van der Waals surface area contributed by atoms with Gasteiger partial charge in [-0.15, -0.1) is 4.91 Å². The van der Waals surface area contributed by atoms with Gasteiger partial charge in [0.1, 0.15) is 6.61 Å². The standard InChI is InChI=1S/C22H32N2O3/c1-3-24(4-2)17-11-12-18-27-21(25)22(23-26,19-13-7-5-8-14-19)20-15-9-6-10-16-20/h5,7-8,13-14,20-21,25H,3-4,6,9-10,15-18H2,1-2H3. The summed E-state index contributed by atoms with van der Waals surface area (Å²) in [4.78, 5) is 14.3. The second kappa shape index (κ2) is 11.2. The molecule has 1 aliphatic rings. The molecule has 5 heteroatoms. The number of hydrogen-bond acceptors (Lipinski definition) is 5. The van der Waals surface area contributed by atoms with Gasteiger partial charge in [0.25, 0.3) is 0 Å². The molecule has 0 amide bonds. The van der Waals surface area contributed by atoms with Crippen LogP contribution in [-0.4, -0.2) is 42.5 Å². The second-order valence-corrected chi connectivity index (χ2v) is 7.10. The van der Waals surface area contributed by atoms with Crippen molar-refractivity contribution >= 4 is 0 Å². The third kappa shape index (κ3) is 5.38. The van der Waals surface area contributed by atoms with E-state index >= 15 is 0 Å². The number of aliphatic hydroxyl groups excluding tert-OH is 1. The highest BCUT2D eigenvalue weighted by Gasteiger charge is 2.49. The van der Waals surface area contributed by atoms with Gasteiger partial charge in [-0.05, 0) is 37.4 Å². The summed E-state index contributed by atoms with van der Waals surface area (Å²) in [5.74, 6) is 5.99. The molecule has 1 aromatic rings. The third-order valence-electron chi connectivity index (χ3n) is 5.63. The molecule has 0 bridgehead atoms. The van der Waals surface area contributed by atoms with E-state index < -0.39 is 11.8 Å². The number of ether oxygens (including phenoxy) is 1. The maximum absolute atomic E-state index is 12.1. The van der Waals surface area contributed by atoms with E-state index in [0.29, 0.717) is 6.54 Å². The summed E-state index contributed by atoms with van der Waals surface area (Å²) >= 11 is 0. The van der Waals surface area contributed by atoms with Crippen LogP contribution in [0.4, 0.5) is 0 Å². The lowest BCUT2D eigenvalue weighted by Crippen LogP contribution is -2.46. The molecular weight excluding hydrogens is 340 g/mol. The van der Waals surface area contributed by atoms with Crippen LogP contribution >= 0.6 is 0 Å². The first-order valence-corrected chi connectivity index (χ1v) is 10.1. The van der Waals surface area contributed by atoms with E-state index in [1.54, 1.807) is 0 Å². The molecule has 0 heterocycles. The molecule has 0 spiro atoms. The Morgan fingerprint density at radius 2 is 1.85 bits per heavy atom. The van der Waals surface area contributed by atoms with Crippen molar-refractivity contribution in [2.45, 2.75) is 57.8 Å². The van der Waals surface area contributed by atoms with E-state index in [1.165, 1.54) is 0 Å². The van der Waals surface area contributed by atoms with Crippen LogP contribution in [0.3, 0.4) is 0 Å². The molecule has 0 radical (unpaired) electrons. The summed E-state index contributed by atoms with van der Waals surface area (Å²) in [7, 11) is 0. The molecule has 0 aliphatic heterocycles. The molecular formula is C22H32N2O3. The van der Waals surface area contributed by atoms with Crippen molar-refractivity contribution in [3.05, 3.63) is 40.8 Å². The second-order valence-electron chi connectivity index (χ2n) is 7.10. The predicted octanol–water partition coefficient (Wildman–Crippen LogP) is 3.91. The monoisotopic (exact) mass is 372 g/mol. The van der Waals surface area contributed by atoms with E-state index in [9.17, 15) is 10.0 Å². The molecule has 2 atom stereocenters. The fraction of sp³-hybridized carbons (Fsp3) is 0.636. The molecule has 1 saturated carbocycles. The first kappa shape index (κ1) is 21.6. The van der Waals surface area contributed by atoms with Crippen LogP contribution in [0, 0.1) is 22.7 Å². The van der Waals surface area contributed by atoms with E-state index in [2.05, 4.69) is 35.8 Å². The van der Waals surface area contributed by atoms with Gasteiger partial charge in [-0.3, -0.25) is 4.90 Å². The average molecular weight is 373 g/mol. The maximum atomic E-state index is 12.1. The number of rotatable bonds is 9. The average Bonchev–Trinajstić information content (AvgIpc) is 2.73. The van der Waals surface area contributed by atoms with Crippen LogP contribution in [0.25, 0.3) is 0 Å². The van der Waals surface area contributed by atoms with Crippen molar-refractivity contribution < 1.29 is 9.84 Å². The highest BCUT2D eigenvalue weighted by molar-refractivity contribution is 5.27.